The second kappa shape index (κ2) is 11.4. The zero-order valence-corrected chi connectivity index (χ0v) is 19.5. The maximum absolute atomic E-state index is 12.6. The molecule has 0 bridgehead atoms. The minimum Gasteiger partial charge on any atom is -0.458 e. The fourth-order valence-corrected chi connectivity index (χ4v) is 5.17. The molecule has 0 spiro atoms. The molecule has 11 heteroatoms. The number of thioether (sulfide) groups is 1. The van der Waals surface area contributed by atoms with Crippen molar-refractivity contribution in [2.24, 2.45) is 0 Å². The van der Waals surface area contributed by atoms with Crippen molar-refractivity contribution >= 4 is 50.1 Å². The van der Waals surface area contributed by atoms with Crippen LogP contribution in [0.1, 0.15) is 26.0 Å². The number of carbonyl (C=O) groups excluding carboxylic acids is 2. The quantitative estimate of drug-likeness (QED) is 0.502. The number of hydrogen-bond donors (Lipinski definition) is 1. The number of aromatic nitrogens is 1. The number of nitrogens with zero attached hydrogens (tertiary/aromatic N) is 2. The Labute approximate surface area is 185 Å². The van der Waals surface area contributed by atoms with Crippen molar-refractivity contribution in [1.82, 2.24) is 9.71 Å². The van der Waals surface area contributed by atoms with E-state index >= 15 is 0 Å². The van der Waals surface area contributed by atoms with Crippen LogP contribution in [0.3, 0.4) is 0 Å². The van der Waals surface area contributed by atoms with Gasteiger partial charge in [0.15, 0.2) is 5.13 Å². The normalized spacial score (nSPS) is 12.4. The van der Waals surface area contributed by atoms with E-state index in [0.717, 1.165) is 0 Å². The Hall–Kier alpha value is -1.95. The topological polar surface area (TPSA) is 106 Å². The van der Waals surface area contributed by atoms with Crippen molar-refractivity contribution in [3.05, 3.63) is 41.4 Å². The Kier molecular flexibility index (Phi) is 9.28. The van der Waals surface area contributed by atoms with Crippen LogP contribution in [0.25, 0.3) is 0 Å². The summed E-state index contributed by atoms with van der Waals surface area (Å²) < 4.78 is 32.9. The molecule has 30 heavy (non-hydrogen) atoms. The first-order valence-corrected chi connectivity index (χ1v) is 13.0. The highest BCUT2D eigenvalue weighted by atomic mass is 32.2. The van der Waals surface area contributed by atoms with E-state index in [1.54, 1.807) is 23.6 Å². The van der Waals surface area contributed by atoms with Crippen LogP contribution in [0, 0.1) is 0 Å². The van der Waals surface area contributed by atoms with Crippen molar-refractivity contribution in [1.29, 1.82) is 0 Å². The molecule has 0 aliphatic rings. The zero-order valence-electron chi connectivity index (χ0n) is 17.0. The van der Waals surface area contributed by atoms with Crippen LogP contribution >= 0.6 is 23.1 Å². The fraction of sp³-hybridized carbons (Fsp3) is 0.421. The molecule has 1 N–H and O–H groups in total. The van der Waals surface area contributed by atoms with Crippen molar-refractivity contribution in [3.63, 3.8) is 0 Å². The lowest BCUT2D eigenvalue weighted by molar-refractivity contribution is -0.147. The van der Waals surface area contributed by atoms with Crippen LogP contribution in [0.4, 0.5) is 5.13 Å². The molecule has 1 atom stereocenters. The number of sulfonamides is 1. The van der Waals surface area contributed by atoms with Gasteiger partial charge in [-0.3, -0.25) is 14.5 Å². The minimum absolute atomic E-state index is 0.0833. The maximum Gasteiger partial charge on any atom is 0.324 e. The summed E-state index contributed by atoms with van der Waals surface area (Å²) in [5.41, 5.74) is 0.498. The van der Waals surface area contributed by atoms with Gasteiger partial charge in [0.2, 0.25) is 15.9 Å². The summed E-state index contributed by atoms with van der Waals surface area (Å²) in [6.45, 7) is 3.69. The molecule has 0 aliphatic heterocycles. The molecule has 0 aliphatic carbocycles. The highest BCUT2D eigenvalue weighted by molar-refractivity contribution is 7.98. The van der Waals surface area contributed by atoms with Crippen LogP contribution in [0.15, 0.2) is 40.6 Å². The lowest BCUT2D eigenvalue weighted by Gasteiger charge is -2.17. The van der Waals surface area contributed by atoms with E-state index in [1.165, 1.54) is 47.1 Å². The number of ether oxygens (including phenoxy) is 1. The second-order valence-electron chi connectivity index (χ2n) is 6.26. The highest BCUT2D eigenvalue weighted by Crippen LogP contribution is 2.21. The number of anilines is 1. The van der Waals surface area contributed by atoms with Crippen LogP contribution in [-0.4, -0.2) is 49.9 Å². The van der Waals surface area contributed by atoms with Gasteiger partial charge in [-0.15, -0.1) is 11.3 Å². The maximum atomic E-state index is 12.6. The Bertz CT molecular complexity index is 947. The predicted octanol–water partition coefficient (Wildman–Crippen LogP) is 2.66. The molecule has 1 unspecified atom stereocenters. The van der Waals surface area contributed by atoms with Gasteiger partial charge in [0.25, 0.3) is 0 Å². The van der Waals surface area contributed by atoms with Gasteiger partial charge in [0.05, 0.1) is 10.6 Å². The number of hydrogen-bond acceptors (Lipinski definition) is 8. The molecule has 1 heterocycles. The summed E-state index contributed by atoms with van der Waals surface area (Å²) in [7, 11) is -3.86. The molecule has 1 amide bonds. The summed E-state index contributed by atoms with van der Waals surface area (Å²) in [5, 5.41) is 2.24. The van der Waals surface area contributed by atoms with Gasteiger partial charge in [0.1, 0.15) is 12.6 Å². The molecule has 2 rings (SSSR count). The lowest BCUT2D eigenvalue weighted by atomic mass is 10.2. The van der Waals surface area contributed by atoms with Gasteiger partial charge in [-0.2, -0.15) is 16.5 Å². The second-order valence-corrected chi connectivity index (χ2v) is 9.80. The van der Waals surface area contributed by atoms with Crippen LogP contribution < -0.4 is 9.62 Å². The summed E-state index contributed by atoms with van der Waals surface area (Å²) in [4.78, 5) is 30.1. The average molecular weight is 472 g/mol. The number of rotatable bonds is 11. The van der Waals surface area contributed by atoms with E-state index in [2.05, 4.69) is 9.71 Å². The Balaban J connectivity index is 2.05. The SMILES string of the molecule is CCN(C(C)=O)c1nc(COC(=O)C(CCSC)NS(=O)(=O)c2ccccc2)cs1. The zero-order chi connectivity index (χ0) is 22.1. The first-order valence-electron chi connectivity index (χ1n) is 9.24. The van der Waals surface area contributed by atoms with E-state index in [1.807, 2.05) is 13.2 Å². The largest absolute Gasteiger partial charge is 0.458 e. The predicted molar refractivity (Wildman–Crippen MR) is 119 cm³/mol. The third-order valence-corrected chi connectivity index (χ3v) is 7.12. The van der Waals surface area contributed by atoms with E-state index in [4.69, 9.17) is 4.74 Å². The van der Waals surface area contributed by atoms with Gasteiger partial charge in [-0.05, 0) is 37.5 Å². The Morgan fingerprint density at radius 2 is 2.00 bits per heavy atom. The third-order valence-electron chi connectivity index (χ3n) is 4.08. The van der Waals surface area contributed by atoms with Crippen molar-refractivity contribution in [3.8, 4) is 0 Å². The summed E-state index contributed by atoms with van der Waals surface area (Å²) >= 11 is 2.78. The van der Waals surface area contributed by atoms with Gasteiger partial charge in [0, 0.05) is 18.8 Å². The number of benzene rings is 1. The number of carbonyl (C=O) groups is 2. The molecule has 164 valence electrons. The van der Waals surface area contributed by atoms with Gasteiger partial charge in [-0.1, -0.05) is 18.2 Å². The number of amides is 1. The van der Waals surface area contributed by atoms with Crippen molar-refractivity contribution < 1.29 is 22.7 Å². The van der Waals surface area contributed by atoms with E-state index in [-0.39, 0.29) is 17.4 Å². The molecule has 0 radical (unpaired) electrons. The molecule has 0 saturated heterocycles. The Morgan fingerprint density at radius 1 is 1.30 bits per heavy atom. The number of thiazole rings is 1. The molecule has 0 fully saturated rings. The van der Waals surface area contributed by atoms with Crippen molar-refractivity contribution in [2.75, 3.05) is 23.5 Å². The summed E-state index contributed by atoms with van der Waals surface area (Å²) in [6, 6.07) is 6.86. The Morgan fingerprint density at radius 3 is 2.60 bits per heavy atom. The number of esters is 1. The smallest absolute Gasteiger partial charge is 0.324 e. The highest BCUT2D eigenvalue weighted by Gasteiger charge is 2.27. The molecular formula is C19H25N3O5S3. The van der Waals surface area contributed by atoms with Crippen LogP contribution in [0.2, 0.25) is 0 Å². The van der Waals surface area contributed by atoms with Gasteiger partial charge < -0.3 is 4.74 Å². The van der Waals surface area contributed by atoms with E-state index in [9.17, 15) is 18.0 Å². The monoisotopic (exact) mass is 471 g/mol. The molecule has 2 aromatic rings. The lowest BCUT2D eigenvalue weighted by Crippen LogP contribution is -2.42. The van der Waals surface area contributed by atoms with Gasteiger partial charge in [-0.25, -0.2) is 13.4 Å². The summed E-state index contributed by atoms with van der Waals surface area (Å²) in [6.07, 6.45) is 2.17. The molecular weight excluding hydrogens is 446 g/mol. The van der Waals surface area contributed by atoms with Crippen LogP contribution in [-0.2, 0) is 31.0 Å². The van der Waals surface area contributed by atoms with E-state index < -0.39 is 22.0 Å². The van der Waals surface area contributed by atoms with Crippen molar-refractivity contribution in [2.45, 2.75) is 37.8 Å². The molecule has 8 nitrogen and oxygen atoms in total. The first kappa shape index (κ1) is 24.3. The minimum atomic E-state index is -3.86. The standard InChI is InChI=1S/C19H25N3O5S3/c1-4-22(14(2)23)19-20-15(13-29-19)12-27-18(24)17(10-11-28-3)21-30(25,26)16-8-6-5-7-9-16/h5-9,13,17,21H,4,10-12H2,1-3H3. The first-order chi connectivity index (χ1) is 14.3. The molecule has 1 aromatic heterocycles. The molecule has 1 aromatic carbocycles. The number of nitrogens with one attached hydrogen (secondary N) is 1. The summed E-state index contributed by atoms with van der Waals surface area (Å²) in [5.74, 6) is -0.206. The van der Waals surface area contributed by atoms with E-state index in [0.29, 0.717) is 29.5 Å². The van der Waals surface area contributed by atoms with Crippen LogP contribution in [0.5, 0.6) is 0 Å². The average Bonchev–Trinajstić information content (AvgIpc) is 3.18. The van der Waals surface area contributed by atoms with Gasteiger partial charge >= 0.3 is 5.97 Å². The molecule has 0 saturated carbocycles. The fourth-order valence-electron chi connectivity index (χ4n) is 2.54. The third kappa shape index (κ3) is 6.79.